The van der Waals surface area contributed by atoms with Crippen LogP contribution in [0.3, 0.4) is 0 Å². The van der Waals surface area contributed by atoms with Gasteiger partial charge in [-0.3, -0.25) is 4.79 Å². The van der Waals surface area contributed by atoms with E-state index in [1.807, 2.05) is 26.8 Å². The van der Waals surface area contributed by atoms with Gasteiger partial charge in [-0.05, 0) is 5.56 Å². The van der Waals surface area contributed by atoms with Gasteiger partial charge in [-0.25, -0.2) is 9.97 Å². The molecule has 1 unspecified atom stereocenters. The minimum absolute atomic E-state index is 0.147. The van der Waals surface area contributed by atoms with Gasteiger partial charge in [0.1, 0.15) is 5.82 Å². The van der Waals surface area contributed by atoms with Crippen molar-refractivity contribution in [1.29, 1.82) is 0 Å². The second kappa shape index (κ2) is 6.01. The normalized spacial score (nSPS) is 12.8. The lowest BCUT2D eigenvalue weighted by atomic mass is 9.96. The number of nitrogens with zero attached hydrogens (tertiary/aromatic N) is 2. The number of aliphatic hydroxyl groups excluding tert-OH is 1. The van der Waals surface area contributed by atoms with E-state index < -0.39 is 12.0 Å². The first-order chi connectivity index (χ1) is 9.88. The van der Waals surface area contributed by atoms with E-state index in [-0.39, 0.29) is 5.41 Å². The minimum atomic E-state index is -1.21. The number of hydrogen-bond acceptors (Lipinski definition) is 4. The van der Waals surface area contributed by atoms with E-state index in [1.165, 1.54) is 0 Å². The highest BCUT2D eigenvalue weighted by Crippen LogP contribution is 2.19. The maximum Gasteiger partial charge on any atom is 0.257 e. The molecule has 0 spiro atoms. The maximum absolute atomic E-state index is 12.0. The summed E-state index contributed by atoms with van der Waals surface area (Å²) in [6, 6.07) is 8.76. The number of anilines is 1. The van der Waals surface area contributed by atoms with Crippen molar-refractivity contribution in [2.75, 3.05) is 5.32 Å². The average molecular weight is 285 g/mol. The third-order valence-corrected chi connectivity index (χ3v) is 2.95. The maximum atomic E-state index is 12.0. The minimum Gasteiger partial charge on any atom is -0.378 e. The Labute approximate surface area is 124 Å². The number of rotatable bonds is 3. The molecular weight excluding hydrogens is 266 g/mol. The predicted octanol–water partition coefficient (Wildman–Crippen LogP) is 2.45. The standard InChI is InChI=1S/C16H19N3O2/c1-16(2,3)15-17-9-12(10-18-15)19-14(21)13(20)11-7-5-4-6-8-11/h4-10,13,20H,1-3H3,(H,19,21). The van der Waals surface area contributed by atoms with Crippen LogP contribution in [0.25, 0.3) is 0 Å². The average Bonchev–Trinajstić information content (AvgIpc) is 2.47. The second-order valence-electron chi connectivity index (χ2n) is 5.85. The van der Waals surface area contributed by atoms with Crippen molar-refractivity contribution in [2.45, 2.75) is 32.3 Å². The molecule has 5 heteroatoms. The van der Waals surface area contributed by atoms with Gasteiger partial charge in [-0.1, -0.05) is 51.1 Å². The van der Waals surface area contributed by atoms with E-state index in [0.29, 0.717) is 17.1 Å². The molecule has 0 radical (unpaired) electrons. The number of amides is 1. The number of carbonyl (C=O) groups is 1. The summed E-state index contributed by atoms with van der Waals surface area (Å²) in [5.41, 5.74) is 0.858. The van der Waals surface area contributed by atoms with Crippen molar-refractivity contribution >= 4 is 11.6 Å². The number of hydrogen-bond donors (Lipinski definition) is 2. The molecule has 1 amide bonds. The summed E-state index contributed by atoms with van der Waals surface area (Å²) in [4.78, 5) is 20.4. The highest BCUT2D eigenvalue weighted by Gasteiger charge is 2.19. The largest absolute Gasteiger partial charge is 0.378 e. The summed E-state index contributed by atoms with van der Waals surface area (Å²) in [5, 5.41) is 12.6. The molecule has 0 aliphatic heterocycles. The van der Waals surface area contributed by atoms with Crippen molar-refractivity contribution < 1.29 is 9.90 Å². The molecule has 0 saturated heterocycles. The molecule has 1 aromatic heterocycles. The van der Waals surface area contributed by atoms with Crippen LogP contribution >= 0.6 is 0 Å². The first-order valence-electron chi connectivity index (χ1n) is 6.74. The van der Waals surface area contributed by atoms with E-state index in [9.17, 15) is 9.90 Å². The van der Waals surface area contributed by atoms with Crippen molar-refractivity contribution in [3.05, 3.63) is 54.1 Å². The van der Waals surface area contributed by atoms with E-state index in [2.05, 4.69) is 15.3 Å². The van der Waals surface area contributed by atoms with Gasteiger partial charge in [0.05, 0.1) is 18.1 Å². The number of benzene rings is 1. The van der Waals surface area contributed by atoms with Crippen molar-refractivity contribution in [3.63, 3.8) is 0 Å². The predicted molar refractivity (Wildman–Crippen MR) is 80.8 cm³/mol. The van der Waals surface area contributed by atoms with E-state index in [1.54, 1.807) is 36.7 Å². The van der Waals surface area contributed by atoms with E-state index >= 15 is 0 Å². The Morgan fingerprint density at radius 3 is 2.24 bits per heavy atom. The van der Waals surface area contributed by atoms with Gasteiger partial charge in [0.15, 0.2) is 6.10 Å². The molecule has 1 aromatic carbocycles. The van der Waals surface area contributed by atoms with Crippen LogP contribution in [0.5, 0.6) is 0 Å². The molecule has 1 atom stereocenters. The third kappa shape index (κ3) is 3.86. The monoisotopic (exact) mass is 285 g/mol. The molecule has 21 heavy (non-hydrogen) atoms. The number of aliphatic hydroxyl groups is 1. The molecule has 5 nitrogen and oxygen atoms in total. The first-order valence-corrected chi connectivity index (χ1v) is 6.74. The molecule has 2 aromatic rings. The zero-order valence-electron chi connectivity index (χ0n) is 12.4. The van der Waals surface area contributed by atoms with E-state index in [0.717, 1.165) is 0 Å². The molecule has 1 heterocycles. The number of aromatic nitrogens is 2. The second-order valence-corrected chi connectivity index (χ2v) is 5.85. The van der Waals surface area contributed by atoms with Gasteiger partial charge >= 0.3 is 0 Å². The van der Waals surface area contributed by atoms with Gasteiger partial charge in [0.25, 0.3) is 5.91 Å². The summed E-state index contributed by atoms with van der Waals surface area (Å²) in [5.74, 6) is 0.192. The molecule has 0 bridgehead atoms. The summed E-state index contributed by atoms with van der Waals surface area (Å²) in [6.45, 7) is 6.04. The lowest BCUT2D eigenvalue weighted by molar-refractivity contribution is -0.124. The van der Waals surface area contributed by atoms with Gasteiger partial charge in [0, 0.05) is 5.41 Å². The number of carbonyl (C=O) groups excluding carboxylic acids is 1. The quantitative estimate of drug-likeness (QED) is 0.908. The van der Waals surface area contributed by atoms with Crippen LogP contribution in [0.15, 0.2) is 42.7 Å². The van der Waals surface area contributed by atoms with Gasteiger partial charge in [-0.2, -0.15) is 0 Å². The van der Waals surface area contributed by atoms with Crippen LogP contribution in [0.4, 0.5) is 5.69 Å². The summed E-state index contributed by atoms with van der Waals surface area (Å²) in [7, 11) is 0. The molecule has 2 N–H and O–H groups in total. The molecular formula is C16H19N3O2. The Balaban J connectivity index is 2.06. The topological polar surface area (TPSA) is 75.1 Å². The third-order valence-electron chi connectivity index (χ3n) is 2.95. The molecule has 0 fully saturated rings. The summed E-state index contributed by atoms with van der Waals surface area (Å²) < 4.78 is 0. The fourth-order valence-electron chi connectivity index (χ4n) is 1.78. The van der Waals surface area contributed by atoms with Crippen LogP contribution in [-0.2, 0) is 10.2 Å². The lowest BCUT2D eigenvalue weighted by Gasteiger charge is -2.16. The highest BCUT2D eigenvalue weighted by atomic mass is 16.3. The molecule has 2 rings (SSSR count). The Morgan fingerprint density at radius 1 is 1.14 bits per heavy atom. The van der Waals surface area contributed by atoms with Crippen molar-refractivity contribution in [3.8, 4) is 0 Å². The van der Waals surface area contributed by atoms with E-state index in [4.69, 9.17) is 0 Å². The molecule has 0 aliphatic carbocycles. The Bertz CT molecular complexity index is 604. The van der Waals surface area contributed by atoms with Gasteiger partial charge in [0.2, 0.25) is 0 Å². The van der Waals surface area contributed by atoms with Crippen molar-refractivity contribution in [1.82, 2.24) is 9.97 Å². The Kier molecular flexibility index (Phi) is 4.33. The summed E-state index contributed by atoms with van der Waals surface area (Å²) in [6.07, 6.45) is 1.88. The van der Waals surface area contributed by atoms with Gasteiger partial charge < -0.3 is 10.4 Å². The fraction of sp³-hybridized carbons (Fsp3) is 0.312. The molecule has 0 saturated carbocycles. The van der Waals surface area contributed by atoms with Crippen LogP contribution < -0.4 is 5.32 Å². The smallest absolute Gasteiger partial charge is 0.257 e. The highest BCUT2D eigenvalue weighted by molar-refractivity contribution is 5.94. The molecule has 0 aliphatic rings. The zero-order chi connectivity index (χ0) is 15.5. The summed E-state index contributed by atoms with van der Waals surface area (Å²) >= 11 is 0. The first kappa shape index (κ1) is 15.1. The Hall–Kier alpha value is -2.27. The van der Waals surface area contributed by atoms with Crippen LogP contribution in [0, 0.1) is 0 Å². The van der Waals surface area contributed by atoms with Gasteiger partial charge in [-0.15, -0.1) is 0 Å². The van der Waals surface area contributed by atoms with Crippen LogP contribution in [0.2, 0.25) is 0 Å². The van der Waals surface area contributed by atoms with Crippen LogP contribution in [-0.4, -0.2) is 21.0 Å². The molecule has 110 valence electrons. The van der Waals surface area contributed by atoms with Crippen molar-refractivity contribution in [2.24, 2.45) is 0 Å². The Morgan fingerprint density at radius 2 is 1.71 bits per heavy atom. The fourth-order valence-corrected chi connectivity index (χ4v) is 1.78. The lowest BCUT2D eigenvalue weighted by Crippen LogP contribution is -2.22. The number of nitrogens with one attached hydrogen (secondary N) is 1. The SMILES string of the molecule is CC(C)(C)c1ncc(NC(=O)C(O)c2ccccc2)cn1. The zero-order valence-corrected chi connectivity index (χ0v) is 12.4. The van der Waals surface area contributed by atoms with Crippen LogP contribution in [0.1, 0.15) is 38.3 Å².